The summed E-state index contributed by atoms with van der Waals surface area (Å²) >= 11 is 0. The molecule has 2 aliphatic carbocycles. The molecular weight excluding hydrogens is 204 g/mol. The summed E-state index contributed by atoms with van der Waals surface area (Å²) in [5.74, 6) is 1.80. The second-order valence-electron chi connectivity index (χ2n) is 4.96. The summed E-state index contributed by atoms with van der Waals surface area (Å²) in [6, 6.07) is 1.93. The van der Waals surface area contributed by atoms with E-state index in [0.29, 0.717) is 23.5 Å². The Balaban J connectivity index is 1.65. The number of H-pyrrole nitrogens is 1. The first-order valence-corrected chi connectivity index (χ1v) is 5.84. The standard InChI is InChI=1S/C11H16N4O/c12-10-5-9(14-15-10)11(16)13-8-4-6-1-2-7(8)3-6/h5-8H,1-4H2,(H,13,16)(H3,12,14,15)/t6-,7-,8+/m1/s1. The molecule has 1 amide bonds. The molecule has 5 heteroatoms. The number of rotatable bonds is 2. The second kappa shape index (κ2) is 3.50. The number of hydrogen-bond donors (Lipinski definition) is 3. The van der Waals surface area contributed by atoms with E-state index in [0.717, 1.165) is 12.3 Å². The van der Waals surface area contributed by atoms with Gasteiger partial charge in [0.1, 0.15) is 11.5 Å². The minimum atomic E-state index is -0.0817. The molecule has 1 aromatic rings. The van der Waals surface area contributed by atoms with Crippen molar-refractivity contribution in [3.05, 3.63) is 11.8 Å². The van der Waals surface area contributed by atoms with Gasteiger partial charge >= 0.3 is 0 Å². The van der Waals surface area contributed by atoms with Crippen molar-refractivity contribution in [1.29, 1.82) is 0 Å². The minimum absolute atomic E-state index is 0.0817. The lowest BCUT2D eigenvalue weighted by atomic mass is 9.95. The summed E-state index contributed by atoms with van der Waals surface area (Å²) in [6.07, 6.45) is 5.03. The topological polar surface area (TPSA) is 83.8 Å². The maximum absolute atomic E-state index is 11.9. The largest absolute Gasteiger partial charge is 0.382 e. The Kier molecular flexibility index (Phi) is 2.12. The van der Waals surface area contributed by atoms with Crippen molar-refractivity contribution in [2.45, 2.75) is 31.7 Å². The van der Waals surface area contributed by atoms with E-state index < -0.39 is 0 Å². The zero-order chi connectivity index (χ0) is 11.1. The van der Waals surface area contributed by atoms with Gasteiger partial charge in [0.25, 0.3) is 5.91 Å². The zero-order valence-corrected chi connectivity index (χ0v) is 9.07. The predicted molar refractivity (Wildman–Crippen MR) is 59.7 cm³/mol. The van der Waals surface area contributed by atoms with Gasteiger partial charge in [-0.1, -0.05) is 6.42 Å². The van der Waals surface area contributed by atoms with Gasteiger partial charge in [0, 0.05) is 12.1 Å². The Bertz CT molecular complexity index is 414. The smallest absolute Gasteiger partial charge is 0.269 e. The Labute approximate surface area is 93.8 Å². The fraction of sp³-hybridized carbons (Fsp3) is 0.636. The number of amides is 1. The van der Waals surface area contributed by atoms with Gasteiger partial charge in [-0.15, -0.1) is 0 Å². The molecule has 86 valence electrons. The van der Waals surface area contributed by atoms with Gasteiger partial charge < -0.3 is 11.1 Å². The Hall–Kier alpha value is -1.52. The molecule has 0 aliphatic heterocycles. The van der Waals surface area contributed by atoms with E-state index in [1.807, 2.05) is 0 Å². The van der Waals surface area contributed by atoms with Crippen LogP contribution in [-0.4, -0.2) is 22.1 Å². The number of nitrogens with two attached hydrogens (primary N) is 1. The van der Waals surface area contributed by atoms with Gasteiger partial charge in [-0.05, 0) is 31.1 Å². The number of fused-ring (bicyclic) bond motifs is 2. The van der Waals surface area contributed by atoms with Crippen molar-refractivity contribution in [3.63, 3.8) is 0 Å². The average Bonchev–Trinajstić information content (AvgIpc) is 2.92. The molecular formula is C11H16N4O. The number of nitrogens with one attached hydrogen (secondary N) is 2. The van der Waals surface area contributed by atoms with Crippen molar-refractivity contribution in [2.24, 2.45) is 11.8 Å². The van der Waals surface area contributed by atoms with Gasteiger partial charge in [0.2, 0.25) is 0 Å². The van der Waals surface area contributed by atoms with Crippen LogP contribution in [0.3, 0.4) is 0 Å². The van der Waals surface area contributed by atoms with Gasteiger partial charge in [-0.3, -0.25) is 9.89 Å². The molecule has 2 fully saturated rings. The van der Waals surface area contributed by atoms with E-state index in [4.69, 9.17) is 5.73 Å². The first-order valence-electron chi connectivity index (χ1n) is 5.84. The monoisotopic (exact) mass is 220 g/mol. The van der Waals surface area contributed by atoms with E-state index in [9.17, 15) is 4.79 Å². The van der Waals surface area contributed by atoms with Crippen molar-refractivity contribution >= 4 is 11.7 Å². The molecule has 2 saturated carbocycles. The Morgan fingerprint density at radius 3 is 2.94 bits per heavy atom. The molecule has 3 rings (SSSR count). The van der Waals surface area contributed by atoms with Crippen LogP contribution in [0.4, 0.5) is 5.82 Å². The molecule has 4 N–H and O–H groups in total. The molecule has 2 aliphatic rings. The number of anilines is 1. The predicted octanol–water partition coefficient (Wildman–Crippen LogP) is 0.910. The van der Waals surface area contributed by atoms with Crippen molar-refractivity contribution in [3.8, 4) is 0 Å². The lowest BCUT2D eigenvalue weighted by Gasteiger charge is -2.22. The maximum atomic E-state index is 11.9. The quantitative estimate of drug-likeness (QED) is 0.692. The van der Waals surface area contributed by atoms with Crippen LogP contribution in [0.5, 0.6) is 0 Å². The number of aromatic amines is 1. The van der Waals surface area contributed by atoms with Crippen LogP contribution < -0.4 is 11.1 Å². The van der Waals surface area contributed by atoms with E-state index >= 15 is 0 Å². The Morgan fingerprint density at radius 2 is 2.38 bits per heavy atom. The lowest BCUT2D eigenvalue weighted by molar-refractivity contribution is 0.0918. The fourth-order valence-corrected chi connectivity index (χ4v) is 3.12. The van der Waals surface area contributed by atoms with Crippen LogP contribution in [0.15, 0.2) is 6.07 Å². The summed E-state index contributed by atoms with van der Waals surface area (Å²) in [4.78, 5) is 11.9. The van der Waals surface area contributed by atoms with Crippen LogP contribution in [0.1, 0.15) is 36.2 Å². The molecule has 16 heavy (non-hydrogen) atoms. The summed E-state index contributed by atoms with van der Waals surface area (Å²) in [5, 5.41) is 9.46. The normalized spacial score (nSPS) is 31.9. The number of carbonyl (C=O) groups excluding carboxylic acids is 1. The van der Waals surface area contributed by atoms with Crippen molar-refractivity contribution in [1.82, 2.24) is 15.5 Å². The fourth-order valence-electron chi connectivity index (χ4n) is 3.12. The number of nitrogen functional groups attached to an aromatic ring is 1. The maximum Gasteiger partial charge on any atom is 0.269 e. The molecule has 2 bridgehead atoms. The van der Waals surface area contributed by atoms with Gasteiger partial charge in [0.15, 0.2) is 0 Å². The van der Waals surface area contributed by atoms with Gasteiger partial charge in [-0.25, -0.2) is 0 Å². The van der Waals surface area contributed by atoms with Crippen molar-refractivity contribution < 1.29 is 4.79 Å². The van der Waals surface area contributed by atoms with Gasteiger partial charge in [-0.2, -0.15) is 5.10 Å². The summed E-state index contributed by atoms with van der Waals surface area (Å²) in [6.45, 7) is 0. The van der Waals surface area contributed by atoms with E-state index in [-0.39, 0.29) is 5.91 Å². The number of nitrogens with zero attached hydrogens (tertiary/aromatic N) is 1. The molecule has 0 aromatic carbocycles. The molecule has 5 nitrogen and oxygen atoms in total. The molecule has 0 unspecified atom stereocenters. The van der Waals surface area contributed by atoms with Crippen LogP contribution in [0.25, 0.3) is 0 Å². The van der Waals surface area contributed by atoms with E-state index in [1.165, 1.54) is 19.3 Å². The highest BCUT2D eigenvalue weighted by atomic mass is 16.2. The van der Waals surface area contributed by atoms with Crippen LogP contribution in [0, 0.1) is 11.8 Å². The highest BCUT2D eigenvalue weighted by Gasteiger charge is 2.40. The van der Waals surface area contributed by atoms with Crippen LogP contribution in [-0.2, 0) is 0 Å². The van der Waals surface area contributed by atoms with E-state index in [1.54, 1.807) is 6.07 Å². The molecule has 3 atom stereocenters. The highest BCUT2D eigenvalue weighted by Crippen LogP contribution is 2.44. The minimum Gasteiger partial charge on any atom is -0.382 e. The molecule has 1 heterocycles. The zero-order valence-electron chi connectivity index (χ0n) is 9.07. The molecule has 0 radical (unpaired) electrons. The molecule has 1 aromatic heterocycles. The summed E-state index contributed by atoms with van der Waals surface area (Å²) in [7, 11) is 0. The SMILES string of the molecule is Nc1cc(C(=O)N[C@H]2C[C@@H]3CC[C@@H]2C3)[nH]n1. The third-order valence-electron chi connectivity index (χ3n) is 3.90. The highest BCUT2D eigenvalue weighted by molar-refractivity contribution is 5.93. The Morgan fingerprint density at radius 1 is 1.50 bits per heavy atom. The summed E-state index contributed by atoms with van der Waals surface area (Å²) in [5.41, 5.74) is 5.92. The third kappa shape index (κ3) is 1.56. The second-order valence-corrected chi connectivity index (χ2v) is 4.96. The molecule has 0 saturated heterocycles. The third-order valence-corrected chi connectivity index (χ3v) is 3.90. The summed E-state index contributed by atoms with van der Waals surface area (Å²) < 4.78 is 0. The number of hydrogen-bond acceptors (Lipinski definition) is 3. The lowest BCUT2D eigenvalue weighted by Crippen LogP contribution is -2.38. The average molecular weight is 220 g/mol. The molecule has 0 spiro atoms. The first-order chi connectivity index (χ1) is 7.72. The number of carbonyl (C=O) groups is 1. The number of aromatic nitrogens is 2. The van der Waals surface area contributed by atoms with E-state index in [2.05, 4.69) is 15.5 Å². The first kappa shape index (κ1) is 9.69. The van der Waals surface area contributed by atoms with Crippen molar-refractivity contribution in [2.75, 3.05) is 5.73 Å². The van der Waals surface area contributed by atoms with Gasteiger partial charge in [0.05, 0.1) is 0 Å². The van der Waals surface area contributed by atoms with Crippen LogP contribution in [0.2, 0.25) is 0 Å². The van der Waals surface area contributed by atoms with Crippen LogP contribution >= 0.6 is 0 Å².